The van der Waals surface area contributed by atoms with Crippen LogP contribution in [0.2, 0.25) is 0 Å². The summed E-state index contributed by atoms with van der Waals surface area (Å²) in [5.74, 6) is 6.44. The molecule has 0 aromatic carbocycles. The highest BCUT2D eigenvalue weighted by atomic mass is 16.5. The van der Waals surface area contributed by atoms with Gasteiger partial charge in [0.2, 0.25) is 5.96 Å². The van der Waals surface area contributed by atoms with Gasteiger partial charge in [-0.15, -0.1) is 0 Å². The molecule has 2 fully saturated rings. The Morgan fingerprint density at radius 2 is 2.19 bits per heavy atom. The number of hydrogen-bond acceptors (Lipinski definition) is 5. The maximum absolute atomic E-state index is 5.63. The number of guanidine groups is 1. The van der Waals surface area contributed by atoms with Crippen molar-refractivity contribution in [2.45, 2.75) is 25.8 Å². The van der Waals surface area contributed by atoms with Crippen LogP contribution in [0.5, 0.6) is 0 Å². The molecule has 2 rings (SSSR count). The summed E-state index contributed by atoms with van der Waals surface area (Å²) in [6.07, 6.45) is 2.10. The number of morpholine rings is 1. The normalized spacial score (nSPS) is 24.6. The van der Waals surface area contributed by atoms with Crippen LogP contribution in [0.4, 0.5) is 0 Å². The maximum atomic E-state index is 5.63. The molecule has 1 unspecified atom stereocenters. The number of rotatable bonds is 6. The van der Waals surface area contributed by atoms with Crippen LogP contribution in [0.15, 0.2) is 4.99 Å². The van der Waals surface area contributed by atoms with Crippen molar-refractivity contribution in [3.05, 3.63) is 0 Å². The summed E-state index contributed by atoms with van der Waals surface area (Å²) in [5, 5.41) is 0. The van der Waals surface area contributed by atoms with Crippen molar-refractivity contribution in [1.82, 2.24) is 15.2 Å². The minimum atomic E-state index is 0.593. The Morgan fingerprint density at radius 1 is 1.38 bits per heavy atom. The first kappa shape index (κ1) is 16.5. The standard InChI is InChI=1S/C14H29N5O2/c1-2-20-9-3-5-16-14(17-15)19-6-4-13(12-19)18-7-10-21-11-8-18/h13H,2-12,15H2,1H3,(H,16,17). The van der Waals surface area contributed by atoms with E-state index in [4.69, 9.17) is 15.3 Å². The van der Waals surface area contributed by atoms with Gasteiger partial charge in [-0.05, 0) is 19.8 Å². The van der Waals surface area contributed by atoms with Gasteiger partial charge in [-0.25, -0.2) is 5.84 Å². The molecule has 0 aromatic rings. The third-order valence-electron chi connectivity index (χ3n) is 4.07. The molecule has 122 valence electrons. The fourth-order valence-electron chi connectivity index (χ4n) is 2.91. The fourth-order valence-corrected chi connectivity index (χ4v) is 2.91. The van der Waals surface area contributed by atoms with E-state index in [1.54, 1.807) is 0 Å². The summed E-state index contributed by atoms with van der Waals surface area (Å²) < 4.78 is 10.7. The Bertz CT molecular complexity index is 320. The SMILES string of the molecule is CCOCCCN=C(NN)N1CCC(N2CCOCC2)C1. The number of nitrogens with two attached hydrogens (primary N) is 1. The molecule has 21 heavy (non-hydrogen) atoms. The van der Waals surface area contributed by atoms with Gasteiger partial charge < -0.3 is 14.4 Å². The molecule has 0 aliphatic carbocycles. The highest BCUT2D eigenvalue weighted by Crippen LogP contribution is 2.16. The lowest BCUT2D eigenvalue weighted by atomic mass is 10.2. The summed E-state index contributed by atoms with van der Waals surface area (Å²) in [7, 11) is 0. The number of likely N-dealkylation sites (tertiary alicyclic amines) is 1. The van der Waals surface area contributed by atoms with Crippen LogP contribution in [-0.2, 0) is 9.47 Å². The zero-order chi connectivity index (χ0) is 14.9. The second-order valence-electron chi connectivity index (χ2n) is 5.44. The Morgan fingerprint density at radius 3 is 2.90 bits per heavy atom. The van der Waals surface area contributed by atoms with E-state index in [1.165, 1.54) is 6.42 Å². The van der Waals surface area contributed by atoms with Crippen molar-refractivity contribution in [3.63, 3.8) is 0 Å². The predicted octanol–water partition coefficient (Wildman–Crippen LogP) is -0.361. The molecule has 0 aromatic heterocycles. The van der Waals surface area contributed by atoms with Crippen molar-refractivity contribution in [1.29, 1.82) is 0 Å². The molecule has 2 aliphatic heterocycles. The molecule has 2 saturated heterocycles. The summed E-state index contributed by atoms with van der Waals surface area (Å²) in [6.45, 7) is 10.1. The lowest BCUT2D eigenvalue weighted by Gasteiger charge is -2.32. The summed E-state index contributed by atoms with van der Waals surface area (Å²) >= 11 is 0. The first-order valence-corrected chi connectivity index (χ1v) is 8.00. The zero-order valence-corrected chi connectivity index (χ0v) is 13.1. The Labute approximate surface area is 127 Å². The van der Waals surface area contributed by atoms with Gasteiger partial charge in [-0.2, -0.15) is 0 Å². The highest BCUT2D eigenvalue weighted by Gasteiger charge is 2.30. The van der Waals surface area contributed by atoms with Crippen LogP contribution >= 0.6 is 0 Å². The predicted molar refractivity (Wildman–Crippen MR) is 83.1 cm³/mol. The van der Waals surface area contributed by atoms with Crippen LogP contribution in [0.1, 0.15) is 19.8 Å². The van der Waals surface area contributed by atoms with Crippen molar-refractivity contribution in [2.75, 3.05) is 59.2 Å². The van der Waals surface area contributed by atoms with Crippen molar-refractivity contribution in [2.24, 2.45) is 10.8 Å². The van der Waals surface area contributed by atoms with Gasteiger partial charge in [0, 0.05) is 52.0 Å². The molecular weight excluding hydrogens is 270 g/mol. The number of hydrogen-bond donors (Lipinski definition) is 2. The monoisotopic (exact) mass is 299 g/mol. The van der Waals surface area contributed by atoms with E-state index < -0.39 is 0 Å². The van der Waals surface area contributed by atoms with E-state index >= 15 is 0 Å². The quantitative estimate of drug-likeness (QED) is 0.229. The second-order valence-corrected chi connectivity index (χ2v) is 5.44. The third-order valence-corrected chi connectivity index (χ3v) is 4.07. The second kappa shape index (κ2) is 9.19. The molecule has 7 nitrogen and oxygen atoms in total. The van der Waals surface area contributed by atoms with Crippen LogP contribution in [-0.4, -0.2) is 81.0 Å². The average Bonchev–Trinajstić information content (AvgIpc) is 3.01. The first-order chi connectivity index (χ1) is 10.3. The van der Waals surface area contributed by atoms with Gasteiger partial charge in [0.15, 0.2) is 0 Å². The van der Waals surface area contributed by atoms with E-state index in [1.807, 2.05) is 6.92 Å². The fraction of sp³-hybridized carbons (Fsp3) is 0.929. The molecule has 1 atom stereocenters. The molecule has 2 aliphatic rings. The third kappa shape index (κ3) is 5.10. The van der Waals surface area contributed by atoms with Gasteiger partial charge in [0.25, 0.3) is 0 Å². The highest BCUT2D eigenvalue weighted by molar-refractivity contribution is 5.79. The van der Waals surface area contributed by atoms with E-state index in [0.717, 1.165) is 71.5 Å². The molecule has 0 bridgehead atoms. The van der Waals surface area contributed by atoms with Crippen molar-refractivity contribution < 1.29 is 9.47 Å². The smallest absolute Gasteiger partial charge is 0.208 e. The van der Waals surface area contributed by atoms with Crippen LogP contribution < -0.4 is 11.3 Å². The molecule has 0 amide bonds. The van der Waals surface area contributed by atoms with Gasteiger partial charge in [0.1, 0.15) is 0 Å². The maximum Gasteiger partial charge on any atom is 0.208 e. The number of hydrazine groups is 1. The molecule has 7 heteroatoms. The lowest BCUT2D eigenvalue weighted by Crippen LogP contribution is -2.48. The number of nitrogens with zero attached hydrogens (tertiary/aromatic N) is 3. The number of ether oxygens (including phenoxy) is 2. The number of aliphatic imine (C=N–C) groups is 1. The molecule has 3 N–H and O–H groups in total. The minimum Gasteiger partial charge on any atom is -0.382 e. The molecule has 2 heterocycles. The Balaban J connectivity index is 1.75. The summed E-state index contributed by atoms with van der Waals surface area (Å²) in [6, 6.07) is 0.593. The van der Waals surface area contributed by atoms with Gasteiger partial charge in [0.05, 0.1) is 13.2 Å². The first-order valence-electron chi connectivity index (χ1n) is 8.00. The minimum absolute atomic E-state index is 0.593. The van der Waals surface area contributed by atoms with Crippen LogP contribution in [0, 0.1) is 0 Å². The molecule has 0 saturated carbocycles. The van der Waals surface area contributed by atoms with E-state index in [-0.39, 0.29) is 0 Å². The lowest BCUT2D eigenvalue weighted by molar-refractivity contribution is 0.0195. The Hall–Kier alpha value is -0.890. The molecule has 0 radical (unpaired) electrons. The number of nitrogens with one attached hydrogen (secondary N) is 1. The largest absolute Gasteiger partial charge is 0.382 e. The summed E-state index contributed by atoms with van der Waals surface area (Å²) in [4.78, 5) is 9.33. The van der Waals surface area contributed by atoms with Gasteiger partial charge >= 0.3 is 0 Å². The van der Waals surface area contributed by atoms with Gasteiger partial charge in [-0.3, -0.25) is 15.3 Å². The van der Waals surface area contributed by atoms with Crippen LogP contribution in [0.3, 0.4) is 0 Å². The molecule has 0 spiro atoms. The summed E-state index contributed by atoms with van der Waals surface area (Å²) in [5.41, 5.74) is 2.75. The van der Waals surface area contributed by atoms with E-state index in [2.05, 4.69) is 20.2 Å². The zero-order valence-electron chi connectivity index (χ0n) is 13.1. The van der Waals surface area contributed by atoms with Crippen molar-refractivity contribution >= 4 is 5.96 Å². The Kier molecular flexibility index (Phi) is 7.21. The van der Waals surface area contributed by atoms with E-state index in [9.17, 15) is 0 Å². The van der Waals surface area contributed by atoms with E-state index in [0.29, 0.717) is 6.04 Å². The molecular formula is C14H29N5O2. The van der Waals surface area contributed by atoms with Gasteiger partial charge in [-0.1, -0.05) is 0 Å². The van der Waals surface area contributed by atoms with Crippen molar-refractivity contribution in [3.8, 4) is 0 Å². The van der Waals surface area contributed by atoms with Crippen LogP contribution in [0.25, 0.3) is 0 Å². The topological polar surface area (TPSA) is 75.4 Å². The average molecular weight is 299 g/mol.